The Bertz CT molecular complexity index is 830. The van der Waals surface area contributed by atoms with E-state index < -0.39 is 17.2 Å². The molecule has 1 amide bonds. The normalized spacial score (nSPS) is 10.8. The quantitative estimate of drug-likeness (QED) is 0.570. The van der Waals surface area contributed by atoms with Crippen LogP contribution in [0, 0.1) is 6.92 Å². The minimum Gasteiger partial charge on any atom is -0.505 e. The summed E-state index contributed by atoms with van der Waals surface area (Å²) in [6, 6.07) is 8.29. The molecule has 1 aromatic carbocycles. The molecule has 1 heterocycles. The molecule has 0 saturated carbocycles. The Hall–Kier alpha value is -2.63. The van der Waals surface area contributed by atoms with E-state index in [0.29, 0.717) is 12.2 Å². The van der Waals surface area contributed by atoms with Crippen LogP contribution in [0.4, 0.5) is 0 Å². The molecule has 0 aliphatic rings. The van der Waals surface area contributed by atoms with Crippen molar-refractivity contribution in [3.63, 3.8) is 0 Å². The van der Waals surface area contributed by atoms with Gasteiger partial charge in [0, 0.05) is 12.6 Å². The first-order valence-electron chi connectivity index (χ1n) is 10.2. The lowest BCUT2D eigenvalue weighted by molar-refractivity contribution is 0.0943. The number of hydrogen-bond acceptors (Lipinski definition) is 4. The molecule has 0 saturated heterocycles. The lowest BCUT2D eigenvalue weighted by atomic mass is 10.1. The van der Waals surface area contributed by atoms with Gasteiger partial charge in [0.1, 0.15) is 0 Å². The number of nitrogens with zero attached hydrogens (tertiary/aromatic N) is 2. The summed E-state index contributed by atoms with van der Waals surface area (Å²) in [5.74, 6) is -0.871. The Labute approximate surface area is 166 Å². The molecule has 28 heavy (non-hydrogen) atoms. The highest BCUT2D eigenvalue weighted by atomic mass is 16.3. The third-order valence-corrected chi connectivity index (χ3v) is 4.69. The SMILES string of the molecule is CCCCCCCCCCNC(=O)c1nn(-c2cccc(C)c2)c(=O)cc1O. The van der Waals surface area contributed by atoms with Crippen molar-refractivity contribution in [1.29, 1.82) is 0 Å². The van der Waals surface area contributed by atoms with Crippen LogP contribution in [0.15, 0.2) is 35.1 Å². The van der Waals surface area contributed by atoms with E-state index in [2.05, 4.69) is 17.3 Å². The molecule has 0 aliphatic carbocycles. The lowest BCUT2D eigenvalue weighted by Gasteiger charge is -2.10. The molecule has 0 unspecified atom stereocenters. The maximum atomic E-state index is 12.4. The van der Waals surface area contributed by atoms with E-state index >= 15 is 0 Å². The number of unbranched alkanes of at least 4 members (excludes halogenated alkanes) is 7. The second-order valence-corrected chi connectivity index (χ2v) is 7.20. The average Bonchev–Trinajstić information content (AvgIpc) is 2.66. The molecular weight excluding hydrogens is 354 g/mol. The van der Waals surface area contributed by atoms with Gasteiger partial charge in [0.25, 0.3) is 11.5 Å². The van der Waals surface area contributed by atoms with E-state index in [9.17, 15) is 14.7 Å². The summed E-state index contributed by atoms with van der Waals surface area (Å²) < 4.78 is 1.14. The topological polar surface area (TPSA) is 84.2 Å². The van der Waals surface area contributed by atoms with Crippen LogP contribution in [-0.4, -0.2) is 27.3 Å². The van der Waals surface area contributed by atoms with Crippen molar-refractivity contribution in [3.8, 4) is 11.4 Å². The van der Waals surface area contributed by atoms with Crippen LogP contribution in [0.3, 0.4) is 0 Å². The highest BCUT2D eigenvalue weighted by molar-refractivity contribution is 5.94. The van der Waals surface area contributed by atoms with Crippen molar-refractivity contribution in [2.24, 2.45) is 0 Å². The van der Waals surface area contributed by atoms with E-state index in [-0.39, 0.29) is 5.69 Å². The second-order valence-electron chi connectivity index (χ2n) is 7.20. The van der Waals surface area contributed by atoms with E-state index in [1.807, 2.05) is 19.1 Å². The molecular formula is C22H31N3O3. The number of aromatic nitrogens is 2. The Morgan fingerprint density at radius 1 is 1.07 bits per heavy atom. The largest absolute Gasteiger partial charge is 0.505 e. The maximum Gasteiger partial charge on any atom is 0.275 e. The lowest BCUT2D eigenvalue weighted by Crippen LogP contribution is -2.29. The molecule has 2 aromatic rings. The van der Waals surface area contributed by atoms with Crippen LogP contribution in [0.5, 0.6) is 5.75 Å². The van der Waals surface area contributed by atoms with Gasteiger partial charge in [-0.05, 0) is 31.0 Å². The van der Waals surface area contributed by atoms with Gasteiger partial charge in [-0.1, -0.05) is 64.0 Å². The number of hydrogen-bond donors (Lipinski definition) is 2. The molecule has 0 spiro atoms. The maximum absolute atomic E-state index is 12.4. The van der Waals surface area contributed by atoms with Crippen LogP contribution in [-0.2, 0) is 0 Å². The number of nitrogens with one attached hydrogen (secondary N) is 1. The van der Waals surface area contributed by atoms with Crippen LogP contribution in [0.25, 0.3) is 5.69 Å². The fourth-order valence-corrected chi connectivity index (χ4v) is 3.10. The molecule has 1 aromatic heterocycles. The predicted molar refractivity (Wildman–Crippen MR) is 111 cm³/mol. The van der Waals surface area contributed by atoms with Gasteiger partial charge in [0.15, 0.2) is 11.4 Å². The Balaban J connectivity index is 1.89. The summed E-state index contributed by atoms with van der Waals surface area (Å²) in [6.45, 7) is 4.65. The van der Waals surface area contributed by atoms with Gasteiger partial charge in [0.05, 0.1) is 5.69 Å². The van der Waals surface area contributed by atoms with E-state index in [0.717, 1.165) is 29.2 Å². The third-order valence-electron chi connectivity index (χ3n) is 4.69. The summed E-state index contributed by atoms with van der Waals surface area (Å²) in [4.78, 5) is 24.5. The Morgan fingerprint density at radius 2 is 1.75 bits per heavy atom. The van der Waals surface area contributed by atoms with Crippen molar-refractivity contribution in [2.45, 2.75) is 65.2 Å². The van der Waals surface area contributed by atoms with Gasteiger partial charge < -0.3 is 10.4 Å². The number of aryl methyl sites for hydroxylation is 1. The van der Waals surface area contributed by atoms with Crippen LogP contribution in [0.1, 0.15) is 74.3 Å². The van der Waals surface area contributed by atoms with Crippen LogP contribution >= 0.6 is 0 Å². The van der Waals surface area contributed by atoms with Crippen molar-refractivity contribution in [3.05, 3.63) is 51.9 Å². The molecule has 6 heteroatoms. The molecule has 2 rings (SSSR count). The molecule has 0 radical (unpaired) electrons. The van der Waals surface area contributed by atoms with Gasteiger partial charge in [-0.15, -0.1) is 0 Å². The number of benzene rings is 1. The summed E-state index contributed by atoms with van der Waals surface area (Å²) in [6.07, 6.45) is 9.49. The van der Waals surface area contributed by atoms with Crippen molar-refractivity contribution in [2.75, 3.05) is 6.54 Å². The smallest absolute Gasteiger partial charge is 0.275 e. The number of rotatable bonds is 11. The fraction of sp³-hybridized carbons (Fsp3) is 0.500. The standard InChI is InChI=1S/C22H31N3O3/c1-3-4-5-6-7-8-9-10-14-23-22(28)21-19(26)16-20(27)25(24-21)18-13-11-12-17(2)15-18/h11-13,15-16,26H,3-10,14H2,1-2H3,(H,23,28). The summed E-state index contributed by atoms with van der Waals surface area (Å²) in [5, 5.41) is 16.9. The van der Waals surface area contributed by atoms with Crippen LogP contribution in [0.2, 0.25) is 0 Å². The van der Waals surface area contributed by atoms with Crippen LogP contribution < -0.4 is 10.9 Å². The van der Waals surface area contributed by atoms with Gasteiger partial charge >= 0.3 is 0 Å². The fourth-order valence-electron chi connectivity index (χ4n) is 3.10. The zero-order valence-corrected chi connectivity index (χ0v) is 16.9. The van der Waals surface area contributed by atoms with Gasteiger partial charge in [-0.25, -0.2) is 0 Å². The Kier molecular flexibility index (Phi) is 8.72. The molecule has 152 valence electrons. The first kappa shape index (κ1) is 21.7. The highest BCUT2D eigenvalue weighted by Gasteiger charge is 2.16. The molecule has 0 bridgehead atoms. The first-order valence-corrected chi connectivity index (χ1v) is 10.2. The van der Waals surface area contributed by atoms with E-state index in [4.69, 9.17) is 0 Å². The van der Waals surface area contributed by atoms with Gasteiger partial charge in [-0.3, -0.25) is 9.59 Å². The summed E-state index contributed by atoms with van der Waals surface area (Å²) in [7, 11) is 0. The minimum atomic E-state index is -0.484. The molecule has 6 nitrogen and oxygen atoms in total. The number of carbonyl (C=O) groups is 1. The summed E-state index contributed by atoms with van der Waals surface area (Å²) >= 11 is 0. The van der Waals surface area contributed by atoms with Crippen molar-refractivity contribution >= 4 is 5.91 Å². The predicted octanol–water partition coefficient (Wildman–Crippen LogP) is 4.12. The Morgan fingerprint density at radius 3 is 2.43 bits per heavy atom. The van der Waals surface area contributed by atoms with Crippen molar-refractivity contribution in [1.82, 2.24) is 15.1 Å². The monoisotopic (exact) mass is 385 g/mol. The number of amides is 1. The summed E-state index contributed by atoms with van der Waals surface area (Å²) in [5.41, 5.74) is 0.908. The molecule has 2 N–H and O–H groups in total. The van der Waals surface area contributed by atoms with Gasteiger partial charge in [-0.2, -0.15) is 9.78 Å². The molecule has 0 atom stereocenters. The molecule has 0 fully saturated rings. The minimum absolute atomic E-state index is 0.138. The number of aromatic hydroxyl groups is 1. The van der Waals surface area contributed by atoms with Gasteiger partial charge in [0.2, 0.25) is 0 Å². The third kappa shape index (κ3) is 6.51. The highest BCUT2D eigenvalue weighted by Crippen LogP contribution is 2.14. The second kappa shape index (κ2) is 11.3. The number of carbonyl (C=O) groups excluding carboxylic acids is 1. The van der Waals surface area contributed by atoms with Crippen molar-refractivity contribution < 1.29 is 9.90 Å². The average molecular weight is 386 g/mol. The zero-order chi connectivity index (χ0) is 20.4. The van der Waals surface area contributed by atoms with E-state index in [1.54, 1.807) is 12.1 Å². The first-order chi connectivity index (χ1) is 13.5. The zero-order valence-electron chi connectivity index (χ0n) is 16.9. The van der Waals surface area contributed by atoms with E-state index in [1.165, 1.54) is 38.5 Å². The molecule has 0 aliphatic heterocycles.